The van der Waals surface area contributed by atoms with Crippen LogP contribution in [0, 0.1) is 17.2 Å². The zero-order chi connectivity index (χ0) is 26.1. The second-order valence-electron chi connectivity index (χ2n) is 12.2. The molecule has 3 heterocycles. The first kappa shape index (κ1) is 23.8. The molecule has 8 heteroatoms. The van der Waals surface area contributed by atoms with Gasteiger partial charge >= 0.3 is 0 Å². The van der Waals surface area contributed by atoms with Crippen molar-refractivity contribution in [2.24, 2.45) is 21.4 Å². The summed E-state index contributed by atoms with van der Waals surface area (Å²) in [5, 5.41) is 4.12. The quantitative estimate of drug-likeness (QED) is 0.621. The molecule has 0 bridgehead atoms. The van der Waals surface area contributed by atoms with E-state index in [9.17, 15) is 9.59 Å². The maximum absolute atomic E-state index is 15.6. The van der Waals surface area contributed by atoms with Gasteiger partial charge in [0.2, 0.25) is 5.91 Å². The molecule has 1 N–H and O–H groups in total. The van der Waals surface area contributed by atoms with Crippen molar-refractivity contribution in [3.63, 3.8) is 0 Å². The van der Waals surface area contributed by atoms with Crippen molar-refractivity contribution in [2.45, 2.75) is 69.9 Å². The summed E-state index contributed by atoms with van der Waals surface area (Å²) in [6.07, 6.45) is 13.1. The molecule has 7 rings (SSSR count). The van der Waals surface area contributed by atoms with Crippen LogP contribution >= 0.6 is 0 Å². The average molecular weight is 516 g/mol. The molecule has 2 saturated carbocycles. The number of halogens is 1. The van der Waals surface area contributed by atoms with E-state index in [-0.39, 0.29) is 35.0 Å². The molecule has 1 unspecified atom stereocenters. The highest BCUT2D eigenvalue weighted by molar-refractivity contribution is 6.16. The molecular weight excluding hydrogens is 481 g/mol. The van der Waals surface area contributed by atoms with Crippen LogP contribution in [0.15, 0.2) is 46.0 Å². The van der Waals surface area contributed by atoms with Gasteiger partial charge in [0, 0.05) is 37.7 Å². The van der Waals surface area contributed by atoms with E-state index in [2.05, 4.69) is 22.7 Å². The Bertz CT molecular complexity index is 1330. The molecule has 38 heavy (non-hydrogen) atoms. The number of carbonyl (C=O) groups excluding carboxylic acids is 2. The fourth-order valence-electron chi connectivity index (χ4n) is 6.35. The van der Waals surface area contributed by atoms with Gasteiger partial charge in [-0.25, -0.2) is 4.39 Å². The van der Waals surface area contributed by atoms with E-state index in [0.717, 1.165) is 69.0 Å². The number of hydrogen-bond donors (Lipinski definition) is 1. The molecule has 2 amide bonds. The third-order valence-electron chi connectivity index (χ3n) is 9.35. The zero-order valence-electron chi connectivity index (χ0n) is 21.9. The lowest BCUT2D eigenvalue weighted by molar-refractivity contribution is -0.135. The lowest BCUT2D eigenvalue weighted by atomic mass is 9.89. The number of aliphatic imine (C=N–C) groups is 1. The molecule has 6 aliphatic rings. The summed E-state index contributed by atoms with van der Waals surface area (Å²) in [6, 6.07) is 5.60. The van der Waals surface area contributed by atoms with Crippen molar-refractivity contribution < 1.29 is 14.0 Å². The monoisotopic (exact) mass is 515 g/mol. The maximum Gasteiger partial charge on any atom is 0.256 e. The summed E-state index contributed by atoms with van der Waals surface area (Å²) in [6.45, 7) is 3.92. The van der Waals surface area contributed by atoms with Crippen LogP contribution in [0.1, 0.15) is 69.4 Å². The number of amidine groups is 1. The van der Waals surface area contributed by atoms with Crippen LogP contribution in [0.5, 0.6) is 0 Å². The van der Waals surface area contributed by atoms with Crippen molar-refractivity contribution in [2.75, 3.05) is 19.6 Å². The molecule has 1 spiro atoms. The van der Waals surface area contributed by atoms with Gasteiger partial charge in [0.15, 0.2) is 0 Å². The highest BCUT2D eigenvalue weighted by Gasteiger charge is 2.58. The van der Waals surface area contributed by atoms with Crippen LogP contribution in [0.3, 0.4) is 0 Å². The summed E-state index contributed by atoms with van der Waals surface area (Å²) in [5.74, 6) is 0.534. The van der Waals surface area contributed by atoms with Gasteiger partial charge in [-0.15, -0.1) is 0 Å². The average Bonchev–Trinajstić information content (AvgIpc) is 3.68. The summed E-state index contributed by atoms with van der Waals surface area (Å²) in [5.41, 5.74) is 5.96. The molecular formula is C30H34FN5O2. The number of hydrazone groups is 1. The van der Waals surface area contributed by atoms with Crippen LogP contribution in [-0.2, 0) is 9.59 Å². The van der Waals surface area contributed by atoms with Crippen molar-refractivity contribution in [1.29, 1.82) is 0 Å². The van der Waals surface area contributed by atoms with Gasteiger partial charge in [-0.3, -0.25) is 19.5 Å². The molecule has 0 aromatic heterocycles. The normalized spacial score (nSPS) is 28.4. The van der Waals surface area contributed by atoms with Crippen LogP contribution in [-0.4, -0.2) is 64.9 Å². The molecule has 3 aliphatic carbocycles. The van der Waals surface area contributed by atoms with E-state index in [1.54, 1.807) is 17.0 Å². The van der Waals surface area contributed by atoms with Crippen LogP contribution in [0.2, 0.25) is 0 Å². The molecule has 1 aromatic carbocycles. The predicted molar refractivity (Wildman–Crippen MR) is 144 cm³/mol. The molecule has 1 saturated heterocycles. The lowest BCUT2D eigenvalue weighted by Crippen LogP contribution is -2.41. The Morgan fingerprint density at radius 3 is 2.68 bits per heavy atom. The van der Waals surface area contributed by atoms with Crippen molar-refractivity contribution in [1.82, 2.24) is 15.2 Å². The van der Waals surface area contributed by atoms with Gasteiger partial charge in [0.05, 0.1) is 11.6 Å². The van der Waals surface area contributed by atoms with Gasteiger partial charge < -0.3 is 10.3 Å². The van der Waals surface area contributed by atoms with Crippen molar-refractivity contribution in [3.05, 3.63) is 52.9 Å². The topological polar surface area (TPSA) is 77.4 Å². The van der Waals surface area contributed by atoms with E-state index >= 15 is 4.39 Å². The van der Waals surface area contributed by atoms with Crippen molar-refractivity contribution in [3.8, 4) is 0 Å². The van der Waals surface area contributed by atoms with E-state index in [0.29, 0.717) is 24.5 Å². The maximum atomic E-state index is 15.6. The number of allylic oxidation sites excluding steroid dienone is 3. The largest absolute Gasteiger partial charge is 0.342 e. The predicted octanol–water partition coefficient (Wildman–Crippen LogP) is 4.05. The van der Waals surface area contributed by atoms with Gasteiger partial charge in [-0.2, -0.15) is 5.10 Å². The van der Waals surface area contributed by atoms with Crippen LogP contribution < -0.4 is 5.43 Å². The third-order valence-corrected chi connectivity index (χ3v) is 9.35. The number of rotatable bonds is 6. The first-order chi connectivity index (χ1) is 18.4. The molecule has 3 fully saturated rings. The van der Waals surface area contributed by atoms with E-state index < -0.39 is 5.54 Å². The fraction of sp³-hybridized carbons (Fsp3) is 0.533. The smallest absolute Gasteiger partial charge is 0.256 e. The Labute approximate surface area is 222 Å². The third kappa shape index (κ3) is 4.00. The highest BCUT2D eigenvalue weighted by atomic mass is 19.1. The first-order valence-electron chi connectivity index (χ1n) is 14.0. The summed E-state index contributed by atoms with van der Waals surface area (Å²) >= 11 is 0. The minimum Gasteiger partial charge on any atom is -0.342 e. The lowest BCUT2D eigenvalue weighted by Gasteiger charge is -2.25. The van der Waals surface area contributed by atoms with Gasteiger partial charge in [-0.1, -0.05) is 25.1 Å². The number of nitrogens with one attached hydrogen (secondary N) is 1. The van der Waals surface area contributed by atoms with E-state index in [1.807, 2.05) is 24.1 Å². The van der Waals surface area contributed by atoms with Gasteiger partial charge in [0.1, 0.15) is 17.2 Å². The summed E-state index contributed by atoms with van der Waals surface area (Å²) in [7, 11) is 0. The molecule has 3 aliphatic heterocycles. The van der Waals surface area contributed by atoms with Crippen LogP contribution in [0.4, 0.5) is 4.39 Å². The molecule has 7 nitrogen and oxygen atoms in total. The number of nitrogens with zero attached hydrogens (tertiary/aromatic N) is 4. The molecule has 1 aromatic rings. The molecule has 2 atom stereocenters. The minimum atomic E-state index is -0.693. The minimum absolute atomic E-state index is 0.00735. The Morgan fingerprint density at radius 2 is 2.03 bits per heavy atom. The second-order valence-corrected chi connectivity index (χ2v) is 12.2. The van der Waals surface area contributed by atoms with Crippen LogP contribution in [0.25, 0.3) is 5.57 Å². The fourth-order valence-corrected chi connectivity index (χ4v) is 6.35. The Morgan fingerprint density at radius 1 is 1.18 bits per heavy atom. The number of carbonyl (C=O) groups is 2. The Hall–Kier alpha value is -3.29. The van der Waals surface area contributed by atoms with E-state index in [1.165, 1.54) is 5.57 Å². The Kier molecular flexibility index (Phi) is 5.39. The number of amides is 2. The first-order valence-corrected chi connectivity index (χ1v) is 14.0. The zero-order valence-corrected chi connectivity index (χ0v) is 21.9. The van der Waals surface area contributed by atoms with E-state index in [4.69, 9.17) is 4.99 Å². The summed E-state index contributed by atoms with van der Waals surface area (Å²) < 4.78 is 15.6. The molecule has 0 radical (unpaired) electrons. The Balaban J connectivity index is 1.09. The number of benzene rings is 1. The standard InChI is InChI=1S/C30H34FN5O2/c1-29(10-11-29)27(37)35-15-9-19(17-35)18-36-26(33-30(12-13-30)28(36)38)23-7-6-22(16-24(23)31)20-2-4-21(5-3-20)25-8-14-32-34-25/h2,4,6-7,14,16,19,25,34H,3,5,8-13,15,17-18H2,1H3/t19-,25?/m1/s1. The number of likely N-dealkylation sites (tertiary alicyclic amines) is 1. The highest BCUT2D eigenvalue weighted by Crippen LogP contribution is 2.48. The van der Waals surface area contributed by atoms with Gasteiger partial charge in [0.25, 0.3) is 5.91 Å². The SMILES string of the molecule is CC1(C(=O)N2CC[C@@H](CN3C(=O)C4(CC4)N=C3c3ccc(C4=CC=C(C5CC=NN5)CC4)cc3F)C2)CC1. The second kappa shape index (κ2) is 8.61. The van der Waals surface area contributed by atoms with Gasteiger partial charge in [-0.05, 0) is 79.7 Å². The molecule has 198 valence electrons. The van der Waals surface area contributed by atoms with Crippen molar-refractivity contribution >= 4 is 29.4 Å². The number of hydrogen-bond acceptors (Lipinski definition) is 5. The summed E-state index contributed by atoms with van der Waals surface area (Å²) in [4.78, 5) is 34.7.